The van der Waals surface area contributed by atoms with E-state index in [1.165, 1.54) is 5.56 Å². The molecule has 2 aliphatic heterocycles. The first-order valence-electron chi connectivity index (χ1n) is 15.8. The Bertz CT molecular complexity index is 1420. The fraction of sp³-hybridized carbons (Fsp3) is 0.444. The fourth-order valence-corrected chi connectivity index (χ4v) is 7.50. The number of carbonyl (C=O) groups is 2. The Morgan fingerprint density at radius 2 is 1.51 bits per heavy atom. The summed E-state index contributed by atoms with van der Waals surface area (Å²) in [4.78, 5) is 31.0. The molecule has 1 N–H and O–H groups in total. The van der Waals surface area contributed by atoms with Gasteiger partial charge in [0.25, 0.3) is 5.91 Å². The number of likely N-dealkylation sites (tertiary alicyclic amines) is 2. The number of rotatable bonds is 9. The van der Waals surface area contributed by atoms with Gasteiger partial charge in [-0.05, 0) is 93.3 Å². The van der Waals surface area contributed by atoms with Crippen molar-refractivity contribution < 1.29 is 9.59 Å². The van der Waals surface area contributed by atoms with Crippen LogP contribution in [0, 0.1) is 5.92 Å². The van der Waals surface area contributed by atoms with Crippen LogP contribution < -0.4 is 5.32 Å². The van der Waals surface area contributed by atoms with Crippen molar-refractivity contribution in [3.63, 3.8) is 0 Å². The van der Waals surface area contributed by atoms with Crippen LogP contribution in [0.25, 0.3) is 0 Å². The number of benzene rings is 3. The minimum absolute atomic E-state index is 0.0891. The third-order valence-corrected chi connectivity index (χ3v) is 10.6. The molecule has 0 spiro atoms. The summed E-state index contributed by atoms with van der Waals surface area (Å²) in [6.07, 6.45) is 7.77. The average Bonchev–Trinajstić information content (AvgIpc) is 3.90. The van der Waals surface area contributed by atoms with Gasteiger partial charge in [0.15, 0.2) is 0 Å². The van der Waals surface area contributed by atoms with Crippen molar-refractivity contribution in [1.82, 2.24) is 15.1 Å². The van der Waals surface area contributed by atoms with E-state index in [1.807, 2.05) is 53.4 Å². The second kappa shape index (κ2) is 13.0. The smallest absolute Gasteiger partial charge is 0.253 e. The molecule has 6 rings (SSSR count). The standard InChI is InChI=1S/C36H41Cl2N3O2/c37-31-16-15-30(25-32(31)38)35(18-8-22-41(26-35)34(43)28-9-3-1-4-10-28)17-7-21-40-23-19-36(20-24-40,29-11-5-2-6-12-29)39-33(42)27-13-14-27/h1-6,9-12,15-16,25,27H,7-8,13-14,17-24,26H2,(H,39,42). The Labute approximate surface area is 265 Å². The number of carbonyl (C=O) groups excluding carboxylic acids is 2. The van der Waals surface area contributed by atoms with Crippen molar-refractivity contribution in [1.29, 1.82) is 0 Å². The average molecular weight is 619 g/mol. The van der Waals surface area contributed by atoms with Gasteiger partial charge < -0.3 is 15.1 Å². The van der Waals surface area contributed by atoms with Crippen molar-refractivity contribution in [3.05, 3.63) is 106 Å². The Kier molecular flexibility index (Phi) is 9.13. The fourth-order valence-electron chi connectivity index (χ4n) is 7.20. The molecule has 3 aliphatic rings. The van der Waals surface area contributed by atoms with Gasteiger partial charge in [-0.25, -0.2) is 0 Å². The van der Waals surface area contributed by atoms with E-state index in [9.17, 15) is 9.59 Å². The van der Waals surface area contributed by atoms with Crippen molar-refractivity contribution >= 4 is 35.0 Å². The first-order chi connectivity index (χ1) is 20.9. The van der Waals surface area contributed by atoms with E-state index in [1.54, 1.807) is 0 Å². The van der Waals surface area contributed by atoms with Crippen LogP contribution in [-0.4, -0.2) is 54.3 Å². The lowest BCUT2D eigenvalue weighted by molar-refractivity contribution is -0.125. The van der Waals surface area contributed by atoms with Gasteiger partial charge in [-0.1, -0.05) is 77.8 Å². The summed E-state index contributed by atoms with van der Waals surface area (Å²) >= 11 is 12.9. The number of hydrogen-bond acceptors (Lipinski definition) is 3. The zero-order valence-corrected chi connectivity index (χ0v) is 26.3. The topological polar surface area (TPSA) is 52.7 Å². The maximum absolute atomic E-state index is 13.5. The summed E-state index contributed by atoms with van der Waals surface area (Å²) < 4.78 is 0. The highest BCUT2D eigenvalue weighted by Crippen LogP contribution is 2.41. The van der Waals surface area contributed by atoms with Crippen LogP contribution >= 0.6 is 23.2 Å². The molecule has 0 bridgehead atoms. The molecule has 2 heterocycles. The summed E-state index contributed by atoms with van der Waals surface area (Å²) in [6.45, 7) is 4.30. The SMILES string of the molecule is O=C(NC1(c2ccccc2)CCN(CCCC2(c3ccc(Cl)c(Cl)c3)CCCN(C(=O)c3ccccc3)C2)CC1)C1CC1. The van der Waals surface area contributed by atoms with Gasteiger partial charge in [0, 0.05) is 43.1 Å². The molecule has 5 nitrogen and oxygen atoms in total. The molecule has 2 amide bonds. The Morgan fingerprint density at radius 1 is 0.814 bits per heavy atom. The lowest BCUT2D eigenvalue weighted by atomic mass is 9.70. The zero-order chi connectivity index (χ0) is 29.9. The lowest BCUT2D eigenvalue weighted by Crippen LogP contribution is -2.53. The maximum Gasteiger partial charge on any atom is 0.253 e. The molecule has 2 saturated heterocycles. The number of nitrogens with one attached hydrogen (secondary N) is 1. The van der Waals surface area contributed by atoms with E-state index in [2.05, 4.69) is 40.5 Å². The van der Waals surface area contributed by atoms with Gasteiger partial charge in [-0.15, -0.1) is 0 Å². The highest BCUT2D eigenvalue weighted by atomic mass is 35.5. The van der Waals surface area contributed by atoms with Crippen LogP contribution in [0.1, 0.15) is 72.9 Å². The molecule has 3 aromatic rings. The van der Waals surface area contributed by atoms with E-state index in [-0.39, 0.29) is 28.7 Å². The number of halogens is 2. The van der Waals surface area contributed by atoms with Gasteiger partial charge in [-0.3, -0.25) is 9.59 Å². The van der Waals surface area contributed by atoms with E-state index in [0.717, 1.165) is 88.7 Å². The molecule has 3 aromatic carbocycles. The molecule has 7 heteroatoms. The van der Waals surface area contributed by atoms with E-state index < -0.39 is 0 Å². The van der Waals surface area contributed by atoms with Gasteiger partial charge in [0.05, 0.1) is 15.6 Å². The van der Waals surface area contributed by atoms with Crippen LogP contribution in [0.4, 0.5) is 0 Å². The predicted molar refractivity (Wildman–Crippen MR) is 174 cm³/mol. The summed E-state index contributed by atoms with van der Waals surface area (Å²) in [5, 5.41) is 4.59. The summed E-state index contributed by atoms with van der Waals surface area (Å²) in [7, 11) is 0. The van der Waals surface area contributed by atoms with Crippen molar-refractivity contribution in [3.8, 4) is 0 Å². The highest BCUT2D eigenvalue weighted by Gasteiger charge is 2.42. The lowest BCUT2D eigenvalue weighted by Gasteiger charge is -2.45. The van der Waals surface area contributed by atoms with E-state index >= 15 is 0 Å². The van der Waals surface area contributed by atoms with Crippen LogP contribution in [0.15, 0.2) is 78.9 Å². The van der Waals surface area contributed by atoms with Crippen LogP contribution in [-0.2, 0) is 15.7 Å². The van der Waals surface area contributed by atoms with Crippen LogP contribution in [0.5, 0.6) is 0 Å². The van der Waals surface area contributed by atoms with Crippen LogP contribution in [0.2, 0.25) is 10.0 Å². The van der Waals surface area contributed by atoms with E-state index in [4.69, 9.17) is 23.2 Å². The summed E-state index contributed by atoms with van der Waals surface area (Å²) in [5.74, 6) is 0.499. The molecule has 1 unspecified atom stereocenters. The van der Waals surface area contributed by atoms with Gasteiger partial charge in [0.1, 0.15) is 0 Å². The second-order valence-corrected chi connectivity index (χ2v) is 13.6. The number of nitrogens with zero attached hydrogens (tertiary/aromatic N) is 2. The normalized spacial score (nSPS) is 22.2. The van der Waals surface area contributed by atoms with Gasteiger partial charge in [-0.2, -0.15) is 0 Å². The quantitative estimate of drug-likeness (QED) is 0.271. The monoisotopic (exact) mass is 617 g/mol. The molecule has 3 fully saturated rings. The Morgan fingerprint density at radius 3 is 2.19 bits per heavy atom. The summed E-state index contributed by atoms with van der Waals surface area (Å²) in [6, 6.07) is 26.1. The Balaban J connectivity index is 1.14. The molecular weight excluding hydrogens is 577 g/mol. The molecule has 1 aliphatic carbocycles. The molecule has 226 valence electrons. The first kappa shape index (κ1) is 30.2. The number of hydrogen-bond donors (Lipinski definition) is 1. The molecule has 0 aromatic heterocycles. The van der Waals surface area contributed by atoms with Gasteiger partial charge >= 0.3 is 0 Å². The third kappa shape index (κ3) is 6.79. The number of piperidine rings is 2. The first-order valence-corrected chi connectivity index (χ1v) is 16.5. The highest BCUT2D eigenvalue weighted by molar-refractivity contribution is 6.42. The van der Waals surface area contributed by atoms with Crippen molar-refractivity contribution in [2.45, 2.75) is 62.3 Å². The van der Waals surface area contributed by atoms with Crippen molar-refractivity contribution in [2.24, 2.45) is 5.92 Å². The van der Waals surface area contributed by atoms with Crippen LogP contribution in [0.3, 0.4) is 0 Å². The molecular formula is C36H41Cl2N3O2. The van der Waals surface area contributed by atoms with E-state index in [0.29, 0.717) is 16.6 Å². The minimum atomic E-state index is -0.291. The minimum Gasteiger partial charge on any atom is -0.346 e. The second-order valence-electron chi connectivity index (χ2n) is 12.8. The molecule has 43 heavy (non-hydrogen) atoms. The maximum atomic E-state index is 13.5. The Hall–Kier alpha value is -2.86. The molecule has 0 radical (unpaired) electrons. The number of amides is 2. The van der Waals surface area contributed by atoms with Gasteiger partial charge in [0.2, 0.25) is 5.91 Å². The largest absolute Gasteiger partial charge is 0.346 e. The third-order valence-electron chi connectivity index (χ3n) is 9.89. The molecule has 1 atom stereocenters. The summed E-state index contributed by atoms with van der Waals surface area (Å²) in [5.41, 5.74) is 2.64. The zero-order valence-electron chi connectivity index (χ0n) is 24.7. The predicted octanol–water partition coefficient (Wildman–Crippen LogP) is 7.47. The van der Waals surface area contributed by atoms with Crippen molar-refractivity contribution in [2.75, 3.05) is 32.7 Å². The molecule has 1 saturated carbocycles.